The lowest BCUT2D eigenvalue weighted by Crippen LogP contribution is -2.40. The van der Waals surface area contributed by atoms with Gasteiger partial charge in [0.25, 0.3) is 0 Å². The van der Waals surface area contributed by atoms with Crippen molar-refractivity contribution >= 4 is 27.0 Å². The summed E-state index contributed by atoms with van der Waals surface area (Å²) in [6, 6.07) is 12.2. The predicted octanol–water partition coefficient (Wildman–Crippen LogP) is 3.13. The van der Waals surface area contributed by atoms with Gasteiger partial charge in [-0.1, -0.05) is 24.6 Å². The van der Waals surface area contributed by atoms with Crippen molar-refractivity contribution in [2.75, 3.05) is 26.3 Å². The molecule has 0 unspecified atom stereocenters. The third kappa shape index (κ3) is 4.55. The number of imidazole rings is 1. The van der Waals surface area contributed by atoms with Crippen LogP contribution in [0.15, 0.2) is 47.4 Å². The third-order valence-electron chi connectivity index (χ3n) is 5.44. The molecule has 8 nitrogen and oxygen atoms in total. The molecular formula is C23H27N3O5S. The highest BCUT2D eigenvalue weighted by atomic mass is 32.2. The van der Waals surface area contributed by atoms with Crippen LogP contribution in [0.2, 0.25) is 0 Å². The number of carbonyl (C=O) groups excluding carboxylic acids is 1. The maximum atomic E-state index is 13.0. The zero-order valence-electron chi connectivity index (χ0n) is 18.3. The maximum Gasteiger partial charge on any atom is 0.338 e. The van der Waals surface area contributed by atoms with Crippen molar-refractivity contribution in [3.8, 4) is 0 Å². The largest absolute Gasteiger partial charge is 0.454 e. The Balaban J connectivity index is 1.61. The highest BCUT2D eigenvalue weighted by molar-refractivity contribution is 7.89. The molecule has 32 heavy (non-hydrogen) atoms. The number of aromatic nitrogens is 2. The topological polar surface area (TPSA) is 90.7 Å². The van der Waals surface area contributed by atoms with Gasteiger partial charge >= 0.3 is 5.97 Å². The van der Waals surface area contributed by atoms with Gasteiger partial charge in [-0.2, -0.15) is 4.31 Å². The van der Waals surface area contributed by atoms with E-state index in [4.69, 9.17) is 9.47 Å². The van der Waals surface area contributed by atoms with E-state index in [0.717, 1.165) is 17.5 Å². The van der Waals surface area contributed by atoms with Crippen molar-refractivity contribution in [3.05, 3.63) is 59.4 Å². The molecule has 0 aliphatic carbocycles. The molecule has 1 aliphatic rings. The number of aryl methyl sites for hydroxylation is 2. The molecule has 0 saturated carbocycles. The summed E-state index contributed by atoms with van der Waals surface area (Å²) in [6.07, 6.45) is 0.859. The third-order valence-corrected chi connectivity index (χ3v) is 7.33. The summed E-state index contributed by atoms with van der Waals surface area (Å²) < 4.78 is 40.2. The Bertz CT molecular complexity index is 1230. The van der Waals surface area contributed by atoms with Crippen molar-refractivity contribution in [1.29, 1.82) is 0 Å². The highest BCUT2D eigenvalue weighted by Crippen LogP contribution is 2.24. The Hall–Kier alpha value is -2.75. The Kier molecular flexibility index (Phi) is 6.59. The number of rotatable bonds is 7. The van der Waals surface area contributed by atoms with Crippen molar-refractivity contribution in [1.82, 2.24) is 13.9 Å². The number of morpholine rings is 1. The second-order valence-corrected chi connectivity index (χ2v) is 9.73. The van der Waals surface area contributed by atoms with E-state index in [1.54, 1.807) is 30.3 Å². The molecule has 0 radical (unpaired) electrons. The van der Waals surface area contributed by atoms with Crippen LogP contribution in [0.4, 0.5) is 0 Å². The van der Waals surface area contributed by atoms with Gasteiger partial charge in [-0.25, -0.2) is 18.2 Å². The summed E-state index contributed by atoms with van der Waals surface area (Å²) in [4.78, 5) is 17.3. The molecule has 0 bridgehead atoms. The maximum absolute atomic E-state index is 13.0. The molecule has 3 aromatic rings. The van der Waals surface area contributed by atoms with E-state index in [-0.39, 0.29) is 11.5 Å². The molecule has 1 aliphatic heterocycles. The molecule has 0 atom stereocenters. The number of benzene rings is 2. The van der Waals surface area contributed by atoms with E-state index in [1.807, 2.05) is 30.5 Å². The van der Waals surface area contributed by atoms with E-state index in [1.165, 1.54) is 4.31 Å². The summed E-state index contributed by atoms with van der Waals surface area (Å²) in [5, 5.41) is 0. The number of carbonyl (C=O) groups is 1. The van der Waals surface area contributed by atoms with E-state index >= 15 is 0 Å². The lowest BCUT2D eigenvalue weighted by molar-refractivity contribution is 0.0458. The fourth-order valence-corrected chi connectivity index (χ4v) is 5.25. The van der Waals surface area contributed by atoms with Crippen LogP contribution in [-0.4, -0.2) is 54.5 Å². The van der Waals surface area contributed by atoms with E-state index in [9.17, 15) is 13.2 Å². The van der Waals surface area contributed by atoms with E-state index < -0.39 is 16.0 Å². The van der Waals surface area contributed by atoms with Gasteiger partial charge in [-0.3, -0.25) is 0 Å². The number of esters is 1. The first-order valence-corrected chi connectivity index (χ1v) is 12.1. The molecule has 2 aromatic carbocycles. The summed E-state index contributed by atoms with van der Waals surface area (Å²) in [5.41, 5.74) is 2.84. The Morgan fingerprint density at radius 2 is 1.94 bits per heavy atom. The highest BCUT2D eigenvalue weighted by Gasteiger charge is 2.27. The Labute approximate surface area is 187 Å². The molecule has 9 heteroatoms. The fourth-order valence-electron chi connectivity index (χ4n) is 3.82. The molecule has 2 heterocycles. The van der Waals surface area contributed by atoms with Gasteiger partial charge in [-0.15, -0.1) is 0 Å². The van der Waals surface area contributed by atoms with E-state index in [0.29, 0.717) is 49.8 Å². The summed E-state index contributed by atoms with van der Waals surface area (Å²) in [7, 11) is -3.62. The van der Waals surface area contributed by atoms with Gasteiger partial charge in [-0.05, 0) is 43.7 Å². The number of hydrogen-bond donors (Lipinski definition) is 0. The van der Waals surface area contributed by atoms with Crippen LogP contribution >= 0.6 is 0 Å². The van der Waals surface area contributed by atoms with Crippen LogP contribution in [0.1, 0.15) is 35.1 Å². The second kappa shape index (κ2) is 9.40. The molecule has 170 valence electrons. The lowest BCUT2D eigenvalue weighted by Gasteiger charge is -2.26. The van der Waals surface area contributed by atoms with Gasteiger partial charge in [0.2, 0.25) is 10.0 Å². The number of sulfonamides is 1. The minimum atomic E-state index is -3.62. The van der Waals surface area contributed by atoms with Gasteiger partial charge < -0.3 is 14.0 Å². The van der Waals surface area contributed by atoms with Crippen LogP contribution in [0.3, 0.4) is 0 Å². The Morgan fingerprint density at radius 3 is 2.66 bits per heavy atom. The average Bonchev–Trinajstić information content (AvgIpc) is 3.15. The molecular weight excluding hydrogens is 430 g/mol. The van der Waals surface area contributed by atoms with Gasteiger partial charge in [0, 0.05) is 19.6 Å². The predicted molar refractivity (Wildman–Crippen MR) is 120 cm³/mol. The second-order valence-electron chi connectivity index (χ2n) is 7.79. The monoisotopic (exact) mass is 457 g/mol. The van der Waals surface area contributed by atoms with Gasteiger partial charge in [0.1, 0.15) is 12.4 Å². The fraction of sp³-hybridized carbons (Fsp3) is 0.391. The quantitative estimate of drug-likeness (QED) is 0.507. The molecule has 0 amide bonds. The molecule has 1 fully saturated rings. The smallest absolute Gasteiger partial charge is 0.338 e. The zero-order chi connectivity index (χ0) is 22.7. The molecule has 1 aromatic heterocycles. The van der Waals surface area contributed by atoms with Crippen LogP contribution in [0, 0.1) is 6.92 Å². The Morgan fingerprint density at radius 1 is 1.16 bits per heavy atom. The average molecular weight is 458 g/mol. The van der Waals surface area contributed by atoms with Crippen LogP contribution in [0.5, 0.6) is 0 Å². The van der Waals surface area contributed by atoms with Crippen LogP contribution in [-0.2, 0) is 32.6 Å². The zero-order valence-corrected chi connectivity index (χ0v) is 19.1. The molecule has 1 saturated heterocycles. The van der Waals surface area contributed by atoms with Crippen molar-refractivity contribution < 1.29 is 22.7 Å². The minimum absolute atomic E-state index is 0.00695. The van der Waals surface area contributed by atoms with E-state index in [2.05, 4.69) is 4.98 Å². The van der Waals surface area contributed by atoms with Crippen molar-refractivity contribution in [2.24, 2.45) is 0 Å². The summed E-state index contributed by atoms with van der Waals surface area (Å²) in [5.74, 6) is 0.170. The lowest BCUT2D eigenvalue weighted by atomic mass is 10.1. The van der Waals surface area contributed by atoms with Gasteiger partial charge in [0.15, 0.2) is 0 Å². The number of hydrogen-bond acceptors (Lipinski definition) is 6. The normalized spacial score (nSPS) is 15.2. The number of fused-ring (bicyclic) bond motifs is 1. The minimum Gasteiger partial charge on any atom is -0.454 e. The molecule has 4 rings (SSSR count). The van der Waals surface area contributed by atoms with Crippen molar-refractivity contribution in [2.45, 2.75) is 38.3 Å². The van der Waals surface area contributed by atoms with Crippen LogP contribution in [0.25, 0.3) is 11.0 Å². The molecule has 0 spiro atoms. The first kappa shape index (κ1) is 22.4. The molecule has 0 N–H and O–H groups in total. The first-order chi connectivity index (χ1) is 15.4. The first-order valence-electron chi connectivity index (χ1n) is 10.7. The summed E-state index contributed by atoms with van der Waals surface area (Å²) >= 11 is 0. The summed E-state index contributed by atoms with van der Waals surface area (Å²) in [6.45, 7) is 6.11. The number of nitrogens with zero attached hydrogens (tertiary/aromatic N) is 3. The standard InChI is InChI=1S/C23H27N3O5S/c1-3-9-26-21-8-7-19(32(28,29)25-10-12-30-13-11-25)15-20(21)24-22(26)16-31-23(27)18-6-4-5-17(2)14-18/h4-8,14-15H,3,9-13,16H2,1-2H3. The number of ether oxygens (including phenoxy) is 2. The SMILES string of the molecule is CCCn1c(COC(=O)c2cccc(C)c2)nc2cc(S(=O)(=O)N3CCOCC3)ccc21. The van der Waals surface area contributed by atoms with Crippen molar-refractivity contribution in [3.63, 3.8) is 0 Å². The van der Waals surface area contributed by atoms with Gasteiger partial charge in [0.05, 0.1) is 34.7 Å². The van der Waals surface area contributed by atoms with Crippen LogP contribution < -0.4 is 0 Å².